The Bertz CT molecular complexity index is 346. The normalized spacial score (nSPS) is 18.9. The molecule has 1 aliphatic heterocycles. The van der Waals surface area contributed by atoms with Crippen molar-refractivity contribution in [2.45, 2.75) is 20.0 Å². The Kier molecular flexibility index (Phi) is 4.11. The summed E-state index contributed by atoms with van der Waals surface area (Å²) in [5, 5.41) is 4.98. The largest absolute Gasteiger partial charge is 0.447 e. The summed E-state index contributed by atoms with van der Waals surface area (Å²) < 4.78 is 28.2. The zero-order valence-electron chi connectivity index (χ0n) is 9.42. The predicted octanol–water partition coefficient (Wildman–Crippen LogP) is -0.647. The molecule has 16 heavy (non-hydrogen) atoms. The molecule has 8 heteroatoms. The van der Waals surface area contributed by atoms with Gasteiger partial charge in [-0.05, 0) is 13.8 Å². The molecule has 0 aromatic carbocycles. The molecule has 7 nitrogen and oxygen atoms in total. The Morgan fingerprint density at radius 1 is 1.25 bits per heavy atom. The molecule has 0 radical (unpaired) electrons. The third-order valence-corrected chi connectivity index (χ3v) is 3.28. The Morgan fingerprint density at radius 3 is 2.12 bits per heavy atom. The van der Waals surface area contributed by atoms with Crippen molar-refractivity contribution in [3.05, 3.63) is 0 Å². The van der Waals surface area contributed by atoms with Gasteiger partial charge in [0.25, 0.3) is 10.2 Å². The van der Waals surface area contributed by atoms with E-state index < -0.39 is 16.3 Å². The van der Waals surface area contributed by atoms with Crippen LogP contribution in [-0.2, 0) is 14.9 Å². The molecular weight excluding hydrogens is 234 g/mol. The van der Waals surface area contributed by atoms with Crippen LogP contribution in [0.15, 0.2) is 0 Å². The molecule has 0 spiro atoms. The van der Waals surface area contributed by atoms with Crippen LogP contribution in [0.3, 0.4) is 0 Å². The summed E-state index contributed by atoms with van der Waals surface area (Å²) in [5.74, 6) is 0. The van der Waals surface area contributed by atoms with Gasteiger partial charge in [0.05, 0.1) is 6.10 Å². The third kappa shape index (κ3) is 3.62. The van der Waals surface area contributed by atoms with Crippen LogP contribution in [0.5, 0.6) is 0 Å². The molecule has 0 atom stereocenters. The molecular formula is C8H17N3O4S. The van der Waals surface area contributed by atoms with Gasteiger partial charge in [-0.25, -0.2) is 9.93 Å². The highest BCUT2D eigenvalue weighted by molar-refractivity contribution is 7.86. The van der Waals surface area contributed by atoms with Crippen molar-refractivity contribution in [1.82, 2.24) is 9.21 Å². The van der Waals surface area contributed by atoms with Crippen molar-refractivity contribution < 1.29 is 17.9 Å². The summed E-state index contributed by atoms with van der Waals surface area (Å²) >= 11 is 0. The van der Waals surface area contributed by atoms with Gasteiger partial charge < -0.3 is 9.64 Å². The van der Waals surface area contributed by atoms with Gasteiger partial charge in [0.2, 0.25) is 0 Å². The van der Waals surface area contributed by atoms with E-state index in [0.717, 1.165) is 4.31 Å². The molecule has 0 saturated carbocycles. The molecule has 1 rings (SSSR count). The summed E-state index contributed by atoms with van der Waals surface area (Å²) in [4.78, 5) is 12.9. The lowest BCUT2D eigenvalue weighted by Gasteiger charge is -2.32. The van der Waals surface area contributed by atoms with Gasteiger partial charge in [0.15, 0.2) is 0 Å². The second-order valence-electron chi connectivity index (χ2n) is 3.86. The molecule has 0 aliphatic carbocycles. The first-order valence-electron chi connectivity index (χ1n) is 5.04. The number of ether oxygens (including phenoxy) is 1. The highest BCUT2D eigenvalue weighted by Gasteiger charge is 2.27. The van der Waals surface area contributed by atoms with Crippen LogP contribution in [0, 0.1) is 0 Å². The van der Waals surface area contributed by atoms with Crippen LogP contribution in [0.4, 0.5) is 4.79 Å². The van der Waals surface area contributed by atoms with Gasteiger partial charge in [-0.2, -0.15) is 12.7 Å². The average molecular weight is 251 g/mol. The van der Waals surface area contributed by atoms with Gasteiger partial charge in [0.1, 0.15) is 0 Å². The summed E-state index contributed by atoms with van der Waals surface area (Å²) in [6.45, 7) is 4.57. The van der Waals surface area contributed by atoms with E-state index in [1.165, 1.54) is 4.90 Å². The van der Waals surface area contributed by atoms with Crippen LogP contribution >= 0.6 is 0 Å². The van der Waals surface area contributed by atoms with Crippen molar-refractivity contribution in [2.75, 3.05) is 26.2 Å². The first kappa shape index (κ1) is 13.2. The van der Waals surface area contributed by atoms with E-state index in [2.05, 4.69) is 0 Å². The van der Waals surface area contributed by atoms with Gasteiger partial charge in [-0.1, -0.05) is 0 Å². The zero-order chi connectivity index (χ0) is 12.3. The fourth-order valence-electron chi connectivity index (χ4n) is 1.40. The number of nitrogens with zero attached hydrogens (tertiary/aromatic N) is 2. The maximum absolute atomic E-state index is 11.5. The van der Waals surface area contributed by atoms with Gasteiger partial charge >= 0.3 is 6.09 Å². The molecule has 0 aromatic heterocycles. The molecule has 1 fully saturated rings. The van der Waals surface area contributed by atoms with Crippen LogP contribution in [-0.4, -0.2) is 56.0 Å². The fraction of sp³-hybridized carbons (Fsp3) is 0.875. The molecule has 0 bridgehead atoms. The zero-order valence-corrected chi connectivity index (χ0v) is 10.2. The number of carbonyl (C=O) groups excluding carboxylic acids is 1. The van der Waals surface area contributed by atoms with E-state index >= 15 is 0 Å². The summed E-state index contributed by atoms with van der Waals surface area (Å²) in [6.07, 6.45) is -0.590. The molecule has 1 amide bonds. The Hall–Kier alpha value is -0.860. The highest BCUT2D eigenvalue weighted by Crippen LogP contribution is 2.06. The van der Waals surface area contributed by atoms with Crippen molar-refractivity contribution in [3.8, 4) is 0 Å². The topological polar surface area (TPSA) is 92.9 Å². The quantitative estimate of drug-likeness (QED) is 0.706. The van der Waals surface area contributed by atoms with Gasteiger partial charge in [-0.15, -0.1) is 0 Å². The molecule has 1 saturated heterocycles. The molecule has 94 valence electrons. The Labute approximate surface area is 95.3 Å². The standard InChI is InChI=1S/C8H17N3O4S/c1-7(2)15-8(12)10-3-5-11(6-4-10)16(9,13)14/h7H,3-6H2,1-2H3,(H2,9,13,14). The number of nitrogens with two attached hydrogens (primary N) is 1. The second kappa shape index (κ2) is 4.98. The van der Waals surface area contributed by atoms with Gasteiger partial charge in [0, 0.05) is 26.2 Å². The minimum absolute atomic E-state index is 0.177. The lowest BCUT2D eigenvalue weighted by molar-refractivity contribution is 0.0667. The predicted molar refractivity (Wildman–Crippen MR) is 57.9 cm³/mol. The summed E-state index contributed by atoms with van der Waals surface area (Å²) in [6, 6.07) is 0. The summed E-state index contributed by atoms with van der Waals surface area (Å²) in [7, 11) is -3.64. The fourth-order valence-corrected chi connectivity index (χ4v) is 2.07. The van der Waals surface area contributed by atoms with Crippen molar-refractivity contribution in [3.63, 3.8) is 0 Å². The van der Waals surface area contributed by atoms with Crippen molar-refractivity contribution in [2.24, 2.45) is 5.14 Å². The number of hydrogen-bond acceptors (Lipinski definition) is 4. The average Bonchev–Trinajstić information content (AvgIpc) is 2.15. The first-order valence-corrected chi connectivity index (χ1v) is 6.54. The minimum Gasteiger partial charge on any atom is -0.447 e. The van der Waals surface area contributed by atoms with E-state index in [1.807, 2.05) is 0 Å². The third-order valence-electron chi connectivity index (χ3n) is 2.19. The highest BCUT2D eigenvalue weighted by atomic mass is 32.2. The first-order chi connectivity index (χ1) is 7.30. The van der Waals surface area contributed by atoms with Crippen LogP contribution in [0.2, 0.25) is 0 Å². The van der Waals surface area contributed by atoms with Crippen LogP contribution in [0.1, 0.15) is 13.8 Å². The number of piperazine rings is 1. The van der Waals surface area contributed by atoms with Crippen molar-refractivity contribution >= 4 is 16.3 Å². The summed E-state index contributed by atoms with van der Waals surface area (Å²) in [5.41, 5.74) is 0. The maximum Gasteiger partial charge on any atom is 0.410 e. The lowest BCUT2D eigenvalue weighted by Crippen LogP contribution is -2.52. The number of carbonyl (C=O) groups is 1. The SMILES string of the molecule is CC(C)OC(=O)N1CCN(S(N)(=O)=O)CC1. The van der Waals surface area contributed by atoms with Crippen LogP contribution < -0.4 is 5.14 Å². The number of rotatable bonds is 2. The van der Waals surface area contributed by atoms with Crippen molar-refractivity contribution in [1.29, 1.82) is 0 Å². The molecule has 1 aliphatic rings. The Balaban J connectivity index is 2.46. The van der Waals surface area contributed by atoms with E-state index in [0.29, 0.717) is 13.1 Å². The molecule has 0 unspecified atom stereocenters. The maximum atomic E-state index is 11.5. The minimum atomic E-state index is -3.64. The molecule has 0 aromatic rings. The molecule has 1 heterocycles. The van der Waals surface area contributed by atoms with E-state index in [1.54, 1.807) is 13.8 Å². The number of hydrogen-bond donors (Lipinski definition) is 1. The van der Waals surface area contributed by atoms with E-state index in [-0.39, 0.29) is 19.2 Å². The van der Waals surface area contributed by atoms with Gasteiger partial charge in [-0.3, -0.25) is 0 Å². The smallest absolute Gasteiger partial charge is 0.410 e. The van der Waals surface area contributed by atoms with E-state index in [9.17, 15) is 13.2 Å². The number of amides is 1. The molecule has 2 N–H and O–H groups in total. The van der Waals surface area contributed by atoms with E-state index in [4.69, 9.17) is 9.88 Å². The second-order valence-corrected chi connectivity index (χ2v) is 5.41. The van der Waals surface area contributed by atoms with Crippen LogP contribution in [0.25, 0.3) is 0 Å². The lowest BCUT2D eigenvalue weighted by atomic mass is 10.4. The monoisotopic (exact) mass is 251 g/mol. The Morgan fingerprint density at radius 2 is 1.75 bits per heavy atom.